The molecule has 2 heterocycles. The van der Waals surface area contributed by atoms with Crippen LogP contribution in [-0.4, -0.2) is 39.4 Å². The number of rotatable bonds is 9. The molecule has 0 spiro atoms. The number of ether oxygens (including phenoxy) is 1. The van der Waals surface area contributed by atoms with Gasteiger partial charge in [-0.1, -0.05) is 0 Å². The highest BCUT2D eigenvalue weighted by atomic mass is 16.5. The summed E-state index contributed by atoms with van der Waals surface area (Å²) in [4.78, 5) is 35.6. The van der Waals surface area contributed by atoms with Crippen LogP contribution in [0.4, 0.5) is 0 Å². The number of hydrogen-bond donors (Lipinski definition) is 1. The molecule has 0 radical (unpaired) electrons. The molecule has 0 unspecified atom stereocenters. The molecule has 0 aromatic carbocycles. The van der Waals surface area contributed by atoms with Crippen molar-refractivity contribution in [2.24, 2.45) is 0 Å². The SMILES string of the molecule is CCOC(=O)CCC(=O)NCCn1nc(-c2ccco2)n(C2CC2)c1=O. The molecule has 9 heteroatoms. The van der Waals surface area contributed by atoms with Crippen LogP contribution in [0.1, 0.15) is 38.6 Å². The first kappa shape index (κ1) is 18.0. The Bertz CT molecular complexity index is 817. The minimum atomic E-state index is -0.398. The molecule has 0 aliphatic heterocycles. The maximum Gasteiger partial charge on any atom is 0.346 e. The van der Waals surface area contributed by atoms with Crippen molar-refractivity contribution in [1.82, 2.24) is 19.7 Å². The van der Waals surface area contributed by atoms with Gasteiger partial charge in [0, 0.05) is 19.0 Å². The average molecular weight is 362 g/mol. The molecular weight excluding hydrogens is 340 g/mol. The Balaban J connectivity index is 1.57. The zero-order chi connectivity index (χ0) is 18.5. The minimum Gasteiger partial charge on any atom is -0.466 e. The Labute approximate surface area is 149 Å². The Kier molecular flexibility index (Phi) is 5.55. The molecule has 2 aromatic rings. The summed E-state index contributed by atoms with van der Waals surface area (Å²) >= 11 is 0. The van der Waals surface area contributed by atoms with Crippen LogP contribution in [0.2, 0.25) is 0 Å². The third kappa shape index (κ3) is 4.22. The second kappa shape index (κ2) is 8.03. The first-order valence-corrected chi connectivity index (χ1v) is 8.75. The van der Waals surface area contributed by atoms with Crippen molar-refractivity contribution < 1.29 is 18.7 Å². The number of nitrogens with one attached hydrogen (secondary N) is 1. The van der Waals surface area contributed by atoms with E-state index in [1.807, 2.05) is 0 Å². The first-order valence-electron chi connectivity index (χ1n) is 8.75. The fourth-order valence-corrected chi connectivity index (χ4v) is 2.64. The van der Waals surface area contributed by atoms with Crippen molar-refractivity contribution in [2.75, 3.05) is 13.2 Å². The van der Waals surface area contributed by atoms with E-state index in [-0.39, 0.29) is 43.6 Å². The van der Waals surface area contributed by atoms with Gasteiger partial charge in [-0.3, -0.25) is 14.2 Å². The van der Waals surface area contributed by atoms with Gasteiger partial charge in [-0.05, 0) is 31.9 Å². The summed E-state index contributed by atoms with van der Waals surface area (Å²) in [7, 11) is 0. The van der Waals surface area contributed by atoms with Gasteiger partial charge >= 0.3 is 11.7 Å². The molecule has 140 valence electrons. The number of hydrogen-bond acceptors (Lipinski definition) is 6. The lowest BCUT2D eigenvalue weighted by atomic mass is 10.3. The molecule has 1 N–H and O–H groups in total. The van der Waals surface area contributed by atoms with Crippen molar-refractivity contribution in [3.63, 3.8) is 0 Å². The van der Waals surface area contributed by atoms with Gasteiger partial charge in [-0.25, -0.2) is 9.48 Å². The van der Waals surface area contributed by atoms with Gasteiger partial charge in [0.15, 0.2) is 5.76 Å². The Morgan fingerprint density at radius 3 is 2.85 bits per heavy atom. The lowest BCUT2D eigenvalue weighted by Gasteiger charge is -2.04. The van der Waals surface area contributed by atoms with E-state index in [0.717, 1.165) is 12.8 Å². The number of esters is 1. The van der Waals surface area contributed by atoms with Gasteiger partial charge in [0.2, 0.25) is 11.7 Å². The Morgan fingerprint density at radius 2 is 2.19 bits per heavy atom. The molecule has 1 aliphatic rings. The summed E-state index contributed by atoms with van der Waals surface area (Å²) < 4.78 is 13.1. The van der Waals surface area contributed by atoms with Crippen LogP contribution in [0.25, 0.3) is 11.6 Å². The van der Waals surface area contributed by atoms with Crippen LogP contribution in [0, 0.1) is 0 Å². The van der Waals surface area contributed by atoms with Crippen molar-refractivity contribution in [2.45, 2.75) is 45.2 Å². The summed E-state index contributed by atoms with van der Waals surface area (Å²) in [6.07, 6.45) is 3.54. The molecule has 9 nitrogen and oxygen atoms in total. The highest BCUT2D eigenvalue weighted by Crippen LogP contribution is 2.36. The molecule has 1 aliphatic carbocycles. The van der Waals surface area contributed by atoms with Crippen LogP contribution in [0.5, 0.6) is 0 Å². The lowest BCUT2D eigenvalue weighted by Crippen LogP contribution is -2.32. The zero-order valence-electron chi connectivity index (χ0n) is 14.6. The maximum atomic E-state index is 12.6. The van der Waals surface area contributed by atoms with Crippen LogP contribution in [0.3, 0.4) is 0 Å². The number of amides is 1. The smallest absolute Gasteiger partial charge is 0.346 e. The largest absolute Gasteiger partial charge is 0.466 e. The highest BCUT2D eigenvalue weighted by Gasteiger charge is 2.31. The van der Waals surface area contributed by atoms with E-state index in [4.69, 9.17) is 9.15 Å². The summed E-state index contributed by atoms with van der Waals surface area (Å²) in [5.41, 5.74) is -0.209. The Hall–Kier alpha value is -2.84. The molecule has 1 amide bonds. The normalized spacial score (nSPS) is 13.6. The number of furan rings is 1. The molecule has 0 bridgehead atoms. The highest BCUT2D eigenvalue weighted by molar-refractivity contribution is 5.81. The van der Waals surface area contributed by atoms with E-state index in [1.165, 1.54) is 4.68 Å². The Morgan fingerprint density at radius 1 is 1.38 bits per heavy atom. The van der Waals surface area contributed by atoms with Crippen LogP contribution in [0.15, 0.2) is 27.6 Å². The first-order chi connectivity index (χ1) is 12.6. The molecule has 3 rings (SSSR count). The van der Waals surface area contributed by atoms with Gasteiger partial charge in [-0.2, -0.15) is 0 Å². The molecule has 1 saturated carbocycles. The van der Waals surface area contributed by atoms with Gasteiger partial charge < -0.3 is 14.5 Å². The van der Waals surface area contributed by atoms with Gasteiger partial charge in [0.25, 0.3) is 0 Å². The zero-order valence-corrected chi connectivity index (χ0v) is 14.6. The topological polar surface area (TPSA) is 108 Å². The van der Waals surface area contributed by atoms with E-state index in [0.29, 0.717) is 18.2 Å². The number of nitrogens with zero attached hydrogens (tertiary/aromatic N) is 3. The van der Waals surface area contributed by atoms with Crippen LogP contribution >= 0.6 is 0 Å². The summed E-state index contributed by atoms with van der Waals surface area (Å²) in [5, 5.41) is 7.04. The van der Waals surface area contributed by atoms with E-state index in [9.17, 15) is 14.4 Å². The number of carbonyl (C=O) groups excluding carboxylic acids is 2. The average Bonchev–Trinajstić information content (AvgIpc) is 3.19. The molecule has 0 saturated heterocycles. The second-order valence-electron chi connectivity index (χ2n) is 6.06. The second-order valence-corrected chi connectivity index (χ2v) is 6.06. The number of aromatic nitrogens is 3. The molecule has 2 aromatic heterocycles. The maximum absolute atomic E-state index is 12.6. The van der Waals surface area contributed by atoms with E-state index >= 15 is 0 Å². The predicted octanol–water partition coefficient (Wildman–Crippen LogP) is 1.10. The lowest BCUT2D eigenvalue weighted by molar-refractivity contribution is -0.144. The molecule has 26 heavy (non-hydrogen) atoms. The monoisotopic (exact) mass is 362 g/mol. The van der Waals surface area contributed by atoms with Gasteiger partial charge in [-0.15, -0.1) is 5.10 Å². The summed E-state index contributed by atoms with van der Waals surface area (Å²) in [5.74, 6) is 0.395. The summed E-state index contributed by atoms with van der Waals surface area (Å²) in [6, 6.07) is 3.68. The minimum absolute atomic E-state index is 0.0402. The van der Waals surface area contributed by atoms with E-state index in [1.54, 1.807) is 29.9 Å². The molecular formula is C17H22N4O5. The standard InChI is InChI=1S/C17H22N4O5/c1-2-25-15(23)8-7-14(22)18-9-10-20-17(24)21(12-5-6-12)16(19-20)13-4-3-11-26-13/h3-4,11-12H,2,5-10H2,1H3,(H,18,22). The van der Waals surface area contributed by atoms with Crippen LogP contribution < -0.4 is 11.0 Å². The predicted molar refractivity (Wildman–Crippen MR) is 91.3 cm³/mol. The third-order valence-corrected chi connectivity index (χ3v) is 4.03. The fourth-order valence-electron chi connectivity index (χ4n) is 2.64. The van der Waals surface area contributed by atoms with Gasteiger partial charge in [0.05, 0.1) is 25.8 Å². The van der Waals surface area contributed by atoms with Crippen LogP contribution in [-0.2, 0) is 20.9 Å². The summed E-state index contributed by atoms with van der Waals surface area (Å²) in [6.45, 7) is 2.51. The van der Waals surface area contributed by atoms with Crippen molar-refractivity contribution in [1.29, 1.82) is 0 Å². The van der Waals surface area contributed by atoms with Crippen molar-refractivity contribution in [3.8, 4) is 11.6 Å². The third-order valence-electron chi connectivity index (χ3n) is 4.03. The molecule has 1 fully saturated rings. The van der Waals surface area contributed by atoms with Gasteiger partial charge in [0.1, 0.15) is 0 Å². The molecule has 0 atom stereocenters. The fraction of sp³-hybridized carbons (Fsp3) is 0.529. The van der Waals surface area contributed by atoms with E-state index in [2.05, 4.69) is 10.4 Å². The van der Waals surface area contributed by atoms with Crippen molar-refractivity contribution in [3.05, 3.63) is 28.9 Å². The van der Waals surface area contributed by atoms with E-state index < -0.39 is 5.97 Å². The van der Waals surface area contributed by atoms with Crippen molar-refractivity contribution >= 4 is 11.9 Å². The quantitative estimate of drug-likeness (QED) is 0.669. The number of carbonyl (C=O) groups is 2.